The summed E-state index contributed by atoms with van der Waals surface area (Å²) in [7, 11) is 0. The minimum absolute atomic E-state index is 0.0556. The molecule has 0 saturated heterocycles. The highest BCUT2D eigenvalue weighted by Gasteiger charge is 2.14. The summed E-state index contributed by atoms with van der Waals surface area (Å²) in [6, 6.07) is 16.0. The lowest BCUT2D eigenvalue weighted by Crippen LogP contribution is -2.23. The van der Waals surface area contributed by atoms with Gasteiger partial charge < -0.3 is 9.88 Å². The second-order valence-corrected chi connectivity index (χ2v) is 7.52. The van der Waals surface area contributed by atoms with Crippen LogP contribution >= 0.6 is 0 Å². The Morgan fingerprint density at radius 2 is 1.69 bits per heavy atom. The lowest BCUT2D eigenvalue weighted by Gasteiger charge is -2.19. The molecular weight excluding hydrogens is 322 g/mol. The largest absolute Gasteiger partial charge is 0.348 e. The van der Waals surface area contributed by atoms with Gasteiger partial charge in [-0.25, -0.2) is 4.98 Å². The fraction of sp³-hybridized carbons (Fsp3) is 0.273. The Labute approximate surface area is 154 Å². The quantitative estimate of drug-likeness (QED) is 0.760. The highest BCUT2D eigenvalue weighted by molar-refractivity contribution is 5.94. The van der Waals surface area contributed by atoms with Gasteiger partial charge in [-0.3, -0.25) is 4.79 Å². The van der Waals surface area contributed by atoms with Crippen molar-refractivity contribution >= 4 is 5.91 Å². The molecule has 0 unspecified atom stereocenters. The molecule has 4 heteroatoms. The molecule has 1 heterocycles. The van der Waals surface area contributed by atoms with Crippen LogP contribution in [0, 0.1) is 6.92 Å². The molecule has 0 saturated carbocycles. The van der Waals surface area contributed by atoms with Crippen molar-refractivity contribution < 1.29 is 4.79 Å². The zero-order valence-electron chi connectivity index (χ0n) is 15.8. The smallest absolute Gasteiger partial charge is 0.251 e. The van der Waals surface area contributed by atoms with Gasteiger partial charge in [0.2, 0.25) is 0 Å². The lowest BCUT2D eigenvalue weighted by molar-refractivity contribution is 0.0951. The van der Waals surface area contributed by atoms with Crippen LogP contribution < -0.4 is 5.32 Å². The molecule has 0 aliphatic heterocycles. The fourth-order valence-corrected chi connectivity index (χ4v) is 2.83. The topological polar surface area (TPSA) is 46.9 Å². The number of rotatable bonds is 4. The molecule has 0 radical (unpaired) electrons. The molecule has 3 rings (SSSR count). The summed E-state index contributed by atoms with van der Waals surface area (Å²) in [6.07, 6.45) is 3.72. The van der Waals surface area contributed by atoms with Crippen LogP contribution in [0.2, 0.25) is 0 Å². The van der Waals surface area contributed by atoms with Gasteiger partial charge in [-0.1, -0.05) is 45.0 Å². The summed E-state index contributed by atoms with van der Waals surface area (Å²) in [5.41, 5.74) is 4.12. The average Bonchev–Trinajstić information content (AvgIpc) is 3.05. The van der Waals surface area contributed by atoms with Crippen LogP contribution in [0.4, 0.5) is 0 Å². The second-order valence-electron chi connectivity index (χ2n) is 7.52. The number of carbonyl (C=O) groups excluding carboxylic acids is 1. The van der Waals surface area contributed by atoms with E-state index in [4.69, 9.17) is 0 Å². The number of nitrogens with one attached hydrogen (secondary N) is 1. The highest BCUT2D eigenvalue weighted by atomic mass is 16.1. The van der Waals surface area contributed by atoms with E-state index in [-0.39, 0.29) is 11.3 Å². The Morgan fingerprint density at radius 3 is 2.23 bits per heavy atom. The molecule has 4 nitrogen and oxygen atoms in total. The number of imidazole rings is 1. The highest BCUT2D eigenvalue weighted by Crippen LogP contribution is 2.22. The Hall–Kier alpha value is -2.88. The zero-order chi connectivity index (χ0) is 18.7. The molecule has 0 atom stereocenters. The maximum absolute atomic E-state index is 12.4. The third kappa shape index (κ3) is 4.02. The van der Waals surface area contributed by atoms with E-state index in [2.05, 4.69) is 31.1 Å². The van der Waals surface area contributed by atoms with Crippen LogP contribution in [0.25, 0.3) is 5.69 Å². The predicted molar refractivity (Wildman–Crippen MR) is 105 cm³/mol. The van der Waals surface area contributed by atoms with E-state index in [1.54, 1.807) is 6.20 Å². The first-order valence-electron chi connectivity index (χ1n) is 8.82. The van der Waals surface area contributed by atoms with Gasteiger partial charge in [-0.2, -0.15) is 0 Å². The Morgan fingerprint density at radius 1 is 1.04 bits per heavy atom. The maximum Gasteiger partial charge on any atom is 0.251 e. The van der Waals surface area contributed by atoms with Crippen molar-refractivity contribution in [2.75, 3.05) is 0 Å². The first-order chi connectivity index (χ1) is 12.3. The standard InChI is InChI=1S/C22H25N3O/c1-16-23-13-14-25(16)20-11-5-17(6-12-20)15-24-21(26)18-7-9-19(10-8-18)22(2,3)4/h5-14H,15H2,1-4H3,(H,24,26). The summed E-state index contributed by atoms with van der Waals surface area (Å²) in [6.45, 7) is 8.97. The average molecular weight is 347 g/mol. The zero-order valence-corrected chi connectivity index (χ0v) is 15.8. The van der Waals surface area contributed by atoms with Gasteiger partial charge in [-0.15, -0.1) is 0 Å². The molecule has 3 aromatic rings. The van der Waals surface area contributed by atoms with Crippen LogP contribution in [0.3, 0.4) is 0 Å². The van der Waals surface area contributed by atoms with Gasteiger partial charge in [-0.05, 0) is 47.7 Å². The van der Waals surface area contributed by atoms with Crippen molar-refractivity contribution in [2.45, 2.75) is 39.7 Å². The summed E-state index contributed by atoms with van der Waals surface area (Å²) >= 11 is 0. The van der Waals surface area contributed by atoms with E-state index in [0.29, 0.717) is 12.1 Å². The van der Waals surface area contributed by atoms with Crippen LogP contribution in [0.15, 0.2) is 60.9 Å². The number of carbonyl (C=O) groups is 1. The van der Waals surface area contributed by atoms with Crippen LogP contribution in [-0.2, 0) is 12.0 Å². The normalized spacial score (nSPS) is 11.4. The molecule has 1 N–H and O–H groups in total. The molecule has 0 spiro atoms. The van der Waals surface area contributed by atoms with Crippen molar-refractivity contribution in [1.29, 1.82) is 0 Å². The Kier molecular flexibility index (Phi) is 4.94. The third-order valence-electron chi connectivity index (χ3n) is 4.51. The van der Waals surface area contributed by atoms with Gasteiger partial charge in [0.05, 0.1) is 0 Å². The van der Waals surface area contributed by atoms with Crippen molar-refractivity contribution in [3.05, 3.63) is 83.4 Å². The molecule has 1 aromatic heterocycles. The van der Waals surface area contributed by atoms with E-state index in [9.17, 15) is 4.79 Å². The molecular formula is C22H25N3O. The van der Waals surface area contributed by atoms with Gasteiger partial charge in [0.1, 0.15) is 5.82 Å². The molecule has 0 aliphatic rings. The van der Waals surface area contributed by atoms with Crippen LogP contribution in [-0.4, -0.2) is 15.5 Å². The van der Waals surface area contributed by atoms with Gasteiger partial charge in [0.15, 0.2) is 0 Å². The number of amides is 1. The summed E-state index contributed by atoms with van der Waals surface area (Å²) < 4.78 is 2.03. The third-order valence-corrected chi connectivity index (χ3v) is 4.51. The predicted octanol–water partition coefficient (Wildman–Crippen LogP) is 4.41. The SMILES string of the molecule is Cc1nccn1-c1ccc(CNC(=O)c2ccc(C(C)(C)C)cc2)cc1. The molecule has 0 fully saturated rings. The summed E-state index contributed by atoms with van der Waals surface area (Å²) in [5, 5.41) is 2.98. The minimum Gasteiger partial charge on any atom is -0.348 e. The molecule has 26 heavy (non-hydrogen) atoms. The van der Waals surface area contributed by atoms with Crippen LogP contribution in [0.5, 0.6) is 0 Å². The summed E-state index contributed by atoms with van der Waals surface area (Å²) in [5.74, 6) is 0.893. The molecule has 2 aromatic carbocycles. The number of aromatic nitrogens is 2. The molecule has 0 aliphatic carbocycles. The van der Waals surface area contributed by atoms with E-state index in [1.165, 1.54) is 5.56 Å². The number of benzene rings is 2. The molecule has 0 bridgehead atoms. The summed E-state index contributed by atoms with van der Waals surface area (Å²) in [4.78, 5) is 16.6. The molecule has 1 amide bonds. The van der Waals surface area contributed by atoms with Crippen molar-refractivity contribution in [3.63, 3.8) is 0 Å². The first-order valence-corrected chi connectivity index (χ1v) is 8.82. The van der Waals surface area contributed by atoms with E-state index < -0.39 is 0 Å². The van der Waals surface area contributed by atoms with E-state index >= 15 is 0 Å². The van der Waals surface area contributed by atoms with Crippen molar-refractivity contribution in [2.24, 2.45) is 0 Å². The fourth-order valence-electron chi connectivity index (χ4n) is 2.83. The number of aryl methyl sites for hydroxylation is 1. The Bertz CT molecular complexity index is 884. The molecule has 134 valence electrons. The van der Waals surface area contributed by atoms with Crippen molar-refractivity contribution in [1.82, 2.24) is 14.9 Å². The van der Waals surface area contributed by atoms with Gasteiger partial charge >= 0.3 is 0 Å². The number of nitrogens with zero attached hydrogens (tertiary/aromatic N) is 2. The Balaban J connectivity index is 1.62. The van der Waals surface area contributed by atoms with E-state index in [1.807, 2.05) is 66.2 Å². The first kappa shape index (κ1) is 17.9. The van der Waals surface area contributed by atoms with Gasteiger partial charge in [0, 0.05) is 30.2 Å². The number of hydrogen-bond donors (Lipinski definition) is 1. The van der Waals surface area contributed by atoms with Crippen molar-refractivity contribution in [3.8, 4) is 5.69 Å². The second kappa shape index (κ2) is 7.16. The maximum atomic E-state index is 12.4. The number of hydrogen-bond acceptors (Lipinski definition) is 2. The van der Waals surface area contributed by atoms with Gasteiger partial charge in [0.25, 0.3) is 5.91 Å². The lowest BCUT2D eigenvalue weighted by atomic mass is 9.87. The van der Waals surface area contributed by atoms with Crippen LogP contribution in [0.1, 0.15) is 48.1 Å². The monoisotopic (exact) mass is 347 g/mol. The van der Waals surface area contributed by atoms with E-state index in [0.717, 1.165) is 17.1 Å². The minimum atomic E-state index is -0.0556.